The van der Waals surface area contributed by atoms with E-state index in [1.165, 1.54) is 45.8 Å². The molecule has 31 nitrogen and oxygen atoms in total. The third kappa shape index (κ3) is 21.2. The number of hydrogen-bond acceptors (Lipinski definition) is 26. The van der Waals surface area contributed by atoms with Gasteiger partial charge in [-0.1, -0.05) is 53.7 Å². The highest BCUT2D eigenvalue weighted by molar-refractivity contribution is 7.60. The number of rotatable bonds is 30. The van der Waals surface area contributed by atoms with Crippen LogP contribution in [-0.2, 0) is 51.8 Å². The van der Waals surface area contributed by atoms with Gasteiger partial charge >= 0.3 is 18.3 Å². The highest BCUT2D eigenvalue weighted by Gasteiger charge is 2.66. The average Bonchev–Trinajstić information content (AvgIpc) is 1.57. The Morgan fingerprint density at radius 3 is 1.36 bits per heavy atom. The topological polar surface area (TPSA) is 387 Å². The lowest BCUT2D eigenvalue weighted by Crippen LogP contribution is -2.58. The number of nitrogens with zero attached hydrogens (tertiary/aromatic N) is 6. The van der Waals surface area contributed by atoms with Crippen molar-refractivity contribution in [2.24, 2.45) is 22.7 Å². The quantitative estimate of drug-likeness (QED) is 0.00724. The molecule has 6 aromatic rings. The Balaban J connectivity index is 0.000000233. The number of alkyl carbamates (subject to hydrolysis) is 2. The third-order valence-corrected chi connectivity index (χ3v) is 28.3. The van der Waals surface area contributed by atoms with Crippen LogP contribution in [0.5, 0.6) is 23.0 Å². The maximum atomic E-state index is 14.9. The lowest BCUT2D eigenvalue weighted by molar-refractivity contribution is -0.142. The lowest BCUT2D eigenvalue weighted by atomic mass is 9.85. The van der Waals surface area contributed by atoms with Crippen LogP contribution in [0.3, 0.4) is 0 Å². The minimum Gasteiger partial charge on any atom is -0.497 e. The standard InChI is InChI=1S/C44H61N6O11PS.C39H53N6O8PS/c1-11-27-21-44(27,62(10,55)58-24-57-42(54)59-26(4)5)49-38(51)35-19-30(22-50(35)39(52)37(43(6,7)8)48-41(53)61-28-14-12-13-15-28)60-36-20-33(34-23-63-40(47-34)45-25(2)3)46-32-18-29(56-9)16-17-31(32)36;1-9-23-19-39(23,54(8,49)50)44-34(46)31-17-26(20-45(31)35(47)33(38(4,5)6)43-37(48)53-24-12-10-11-13-24)52-32-18-29(30-21-55-36(42-30)40-22(2)3)41-28-16-25(51-7)14-15-27(28)32/h11,16-18,20,23,25-28,30,35,37H,1,12-15,19,21-22,24H2,2-10H3,(H,45,47)(H,48,53)(H,49,51);9,14-16,18,21-24,26,31,33H,1,10-13,17,19-20H2,2-8H3,(H,40,42)(H,43,48)(H,44,46)(H,49,50)/t27-,30-,35+,37-,44+,62?;23-,26-,31+,33-,39+/m11/s1. The van der Waals surface area contributed by atoms with Crippen LogP contribution in [0.15, 0.2) is 84.6 Å². The maximum absolute atomic E-state index is 14.9. The highest BCUT2D eigenvalue weighted by atomic mass is 32.1. The molecule has 0 bridgehead atoms. The maximum Gasteiger partial charge on any atom is 0.510 e. The van der Waals surface area contributed by atoms with Gasteiger partial charge in [0.15, 0.2) is 10.3 Å². The first-order valence-corrected chi connectivity index (χ1v) is 46.2. The molecule has 2 aromatic carbocycles. The Morgan fingerprint density at radius 2 is 1.00 bits per heavy atom. The van der Waals surface area contributed by atoms with E-state index in [0.29, 0.717) is 67.6 Å². The van der Waals surface area contributed by atoms with Crippen molar-refractivity contribution in [3.05, 3.63) is 84.6 Å². The van der Waals surface area contributed by atoms with Crippen LogP contribution in [0.4, 0.5) is 24.6 Å². The predicted molar refractivity (Wildman–Crippen MR) is 452 cm³/mol. The van der Waals surface area contributed by atoms with Gasteiger partial charge in [0.25, 0.3) is 0 Å². The summed E-state index contributed by atoms with van der Waals surface area (Å²) in [6.07, 6.45) is 5.92. The normalized spacial score (nSPS) is 23.4. The van der Waals surface area contributed by atoms with Gasteiger partial charge in [-0.25, -0.2) is 34.3 Å². The van der Waals surface area contributed by atoms with E-state index >= 15 is 0 Å². The first kappa shape index (κ1) is 89.7. The molecule has 2 saturated heterocycles. The molecule has 0 radical (unpaired) electrons. The number of amides is 6. The zero-order valence-corrected chi connectivity index (χ0v) is 73.6. The Kier molecular flexibility index (Phi) is 28.0. The minimum atomic E-state index is -3.83. The second-order valence-corrected chi connectivity index (χ2v) is 41.4. The Bertz CT molecular complexity index is 4800. The predicted octanol–water partition coefficient (Wildman–Crippen LogP) is 14.6. The van der Waals surface area contributed by atoms with Crippen molar-refractivity contribution < 1.29 is 90.0 Å². The molecule has 35 heteroatoms. The second kappa shape index (κ2) is 36.8. The molecule has 2 aliphatic heterocycles. The second-order valence-electron chi connectivity index (χ2n) is 34.4. The number of ether oxygens (including phenoxy) is 8. The van der Waals surface area contributed by atoms with Gasteiger partial charge in [0.05, 0.1) is 55.8 Å². The molecule has 4 aromatic heterocycles. The molecular formula is C83H114N12O19P2S2. The minimum absolute atomic E-state index is 0.00187. The van der Waals surface area contributed by atoms with Crippen LogP contribution < -0.4 is 50.8 Å². The molecule has 12 rings (SSSR count). The average molecular weight is 1710 g/mol. The molecule has 4 aliphatic carbocycles. The fourth-order valence-electron chi connectivity index (χ4n) is 15.5. The first-order valence-electron chi connectivity index (χ1n) is 40.2. The van der Waals surface area contributed by atoms with Crippen molar-refractivity contribution in [1.29, 1.82) is 0 Å². The molecule has 2 unspecified atom stereocenters. The van der Waals surface area contributed by atoms with Crippen LogP contribution >= 0.6 is 37.4 Å². The molecule has 6 heterocycles. The van der Waals surface area contributed by atoms with Crippen LogP contribution in [0.25, 0.3) is 44.6 Å². The zero-order chi connectivity index (χ0) is 85.7. The molecular weight excluding hydrogens is 1600 g/mol. The molecule has 4 saturated carbocycles. The summed E-state index contributed by atoms with van der Waals surface area (Å²) >= 11 is 2.91. The van der Waals surface area contributed by atoms with Crippen LogP contribution in [0.2, 0.25) is 0 Å². The Morgan fingerprint density at radius 1 is 0.593 bits per heavy atom. The van der Waals surface area contributed by atoms with Crippen molar-refractivity contribution >= 4 is 111 Å². The number of fused-ring (bicyclic) bond motifs is 2. The summed E-state index contributed by atoms with van der Waals surface area (Å²) < 4.78 is 79.0. The van der Waals surface area contributed by atoms with E-state index in [0.717, 1.165) is 61.6 Å². The van der Waals surface area contributed by atoms with E-state index < -0.39 is 139 Å². The van der Waals surface area contributed by atoms with Crippen molar-refractivity contribution in [3.8, 4) is 45.8 Å². The fraction of sp³-hybridized carbons (Fsp3) is 0.578. The molecule has 6 aliphatic rings. The number of methoxy groups -OCH3 is 2. The number of benzene rings is 2. The molecule has 642 valence electrons. The summed E-state index contributed by atoms with van der Waals surface area (Å²) in [5.41, 5.74) is 1.98. The number of likely N-dealkylation sites (tertiary alicyclic amines) is 2. The summed E-state index contributed by atoms with van der Waals surface area (Å²) in [6.45, 7) is 31.9. The molecule has 0 spiro atoms. The van der Waals surface area contributed by atoms with E-state index in [9.17, 15) is 47.6 Å². The molecule has 7 N–H and O–H groups in total. The fourth-order valence-corrected chi connectivity index (χ4v) is 20.8. The Hall–Kier alpha value is -9.13. The van der Waals surface area contributed by atoms with E-state index in [4.69, 9.17) is 62.4 Å². The lowest BCUT2D eigenvalue weighted by Gasteiger charge is -2.36. The van der Waals surface area contributed by atoms with Gasteiger partial charge < -0.3 is 84.5 Å². The van der Waals surface area contributed by atoms with Gasteiger partial charge in [-0.05, 0) is 141 Å². The number of carbonyl (C=O) groups excluding carboxylic acids is 7. The highest BCUT2D eigenvalue weighted by Crippen LogP contribution is 2.71. The largest absolute Gasteiger partial charge is 0.510 e. The summed E-state index contributed by atoms with van der Waals surface area (Å²) in [6, 6.07) is 10.5. The van der Waals surface area contributed by atoms with Crippen LogP contribution in [-0.4, -0.2) is 201 Å². The number of carbonyl (C=O) groups is 7. The Labute approximate surface area is 697 Å². The SMILES string of the molecule is C=C[C@@H]1C[C@]1(NC(=O)[C@@H]1C[C@@H](Oc2cc(-c3csc(NC(C)C)n3)nc3cc(OC)ccc23)CN1C(=O)[C@@H](NC(=O)OC1CCCC1)C(C)(C)C)P(C)(=O)O.C=C[C@@H]1C[C@]1(NC(=O)[C@@H]1C[C@@H](Oc2cc(-c3csc(NC(C)C)n3)nc3cc(OC)ccc23)CN1C(=O)[C@@H](NC(=O)OC1CCCC1)C(C)(C)C)P(C)(=O)OCOC(=O)OC(C)C. The summed E-state index contributed by atoms with van der Waals surface area (Å²) in [5, 5.41) is 22.0. The van der Waals surface area contributed by atoms with Crippen LogP contribution in [0.1, 0.15) is 160 Å². The van der Waals surface area contributed by atoms with Gasteiger partial charge in [-0.15, -0.1) is 35.8 Å². The number of nitrogens with one attached hydrogen (secondary N) is 6. The zero-order valence-electron chi connectivity index (χ0n) is 70.1. The number of hydrogen-bond donors (Lipinski definition) is 7. The smallest absolute Gasteiger partial charge is 0.497 e. The number of aromatic nitrogens is 4. The number of anilines is 2. The molecule has 12 atom stereocenters. The van der Waals surface area contributed by atoms with Gasteiger partial charge in [-0.2, -0.15) is 0 Å². The number of thiazole rings is 2. The van der Waals surface area contributed by atoms with E-state index in [-0.39, 0.29) is 63.1 Å². The molecule has 6 amide bonds. The summed E-state index contributed by atoms with van der Waals surface area (Å²) in [4.78, 5) is 130. The summed E-state index contributed by atoms with van der Waals surface area (Å²) in [5.74, 6) is -0.945. The number of pyridine rings is 2. The first-order chi connectivity index (χ1) is 55.6. The van der Waals surface area contributed by atoms with Crippen molar-refractivity contribution in [3.63, 3.8) is 0 Å². The van der Waals surface area contributed by atoms with Crippen LogP contribution in [0, 0.1) is 22.7 Å². The van der Waals surface area contributed by atoms with E-state index in [1.807, 2.05) is 92.1 Å². The van der Waals surface area contributed by atoms with Crippen molar-refractivity contribution in [2.75, 3.05) is 58.1 Å². The summed E-state index contributed by atoms with van der Waals surface area (Å²) in [7, 11) is -4.46. The van der Waals surface area contributed by atoms with Gasteiger partial charge in [0.1, 0.15) is 93.5 Å². The monoisotopic (exact) mass is 1710 g/mol. The van der Waals surface area contributed by atoms with E-state index in [2.05, 4.69) is 45.1 Å². The third-order valence-electron chi connectivity index (χ3n) is 22.0. The van der Waals surface area contributed by atoms with E-state index in [1.54, 1.807) is 76.6 Å². The molecule has 6 fully saturated rings. The van der Waals surface area contributed by atoms with Crippen molar-refractivity contribution in [1.82, 2.24) is 51.0 Å². The van der Waals surface area contributed by atoms with Gasteiger partial charge in [-0.3, -0.25) is 32.8 Å². The van der Waals surface area contributed by atoms with Gasteiger partial charge in [0.2, 0.25) is 45.2 Å². The van der Waals surface area contributed by atoms with Crippen molar-refractivity contribution in [2.45, 2.75) is 237 Å². The molecule has 118 heavy (non-hydrogen) atoms. The van der Waals surface area contributed by atoms with Gasteiger partial charge in [0, 0.05) is 95.9 Å².